The summed E-state index contributed by atoms with van der Waals surface area (Å²) in [6.45, 7) is 3.85. The second-order valence-corrected chi connectivity index (χ2v) is 5.02. The van der Waals surface area contributed by atoms with Crippen LogP contribution in [0.15, 0.2) is 18.2 Å². The normalized spacial score (nSPS) is 11.3. The molecule has 4 heteroatoms. The molecule has 0 spiro atoms. The highest BCUT2D eigenvalue weighted by molar-refractivity contribution is 5.97. The van der Waals surface area contributed by atoms with E-state index < -0.39 is 12.0 Å². The predicted octanol–water partition coefficient (Wildman–Crippen LogP) is 2.38. The molecule has 0 unspecified atom stereocenters. The van der Waals surface area contributed by atoms with Gasteiger partial charge in [0.15, 0.2) is 0 Å². The van der Waals surface area contributed by atoms with Crippen molar-refractivity contribution in [3.8, 4) is 12.3 Å². The number of aryl methyl sites for hydroxylation is 2. The second-order valence-electron chi connectivity index (χ2n) is 5.02. The Morgan fingerprint density at radius 3 is 2.43 bits per heavy atom. The summed E-state index contributed by atoms with van der Waals surface area (Å²) in [5.41, 5.74) is 2.54. The molecule has 0 saturated heterocycles. The van der Waals surface area contributed by atoms with Crippen LogP contribution in [0.5, 0.6) is 0 Å². The molecule has 0 bridgehead atoms. The average molecular weight is 287 g/mol. The first-order valence-corrected chi connectivity index (χ1v) is 6.88. The molecule has 0 radical (unpaired) electrons. The summed E-state index contributed by atoms with van der Waals surface area (Å²) in [5.74, 6) is 1.78. The van der Waals surface area contributed by atoms with E-state index in [0.29, 0.717) is 24.8 Å². The van der Waals surface area contributed by atoms with Crippen molar-refractivity contribution >= 4 is 11.9 Å². The summed E-state index contributed by atoms with van der Waals surface area (Å²) in [6, 6.07) is 4.90. The Kier molecular flexibility index (Phi) is 6.48. The fourth-order valence-corrected chi connectivity index (χ4v) is 2.15. The number of terminal acetylenes is 1. The Hall–Kier alpha value is -2.28. The Bertz CT molecular complexity index is 537. The molecule has 21 heavy (non-hydrogen) atoms. The fourth-order valence-electron chi connectivity index (χ4n) is 2.15. The summed E-state index contributed by atoms with van der Waals surface area (Å²) >= 11 is 0. The molecule has 1 aromatic carbocycles. The summed E-state index contributed by atoms with van der Waals surface area (Å²) in [7, 11) is 1.31. The van der Waals surface area contributed by atoms with Crippen LogP contribution in [0.1, 0.15) is 40.7 Å². The van der Waals surface area contributed by atoms with E-state index >= 15 is 0 Å². The van der Waals surface area contributed by atoms with Crippen LogP contribution in [-0.4, -0.2) is 25.0 Å². The first-order valence-electron chi connectivity index (χ1n) is 6.88. The van der Waals surface area contributed by atoms with Crippen LogP contribution in [0.25, 0.3) is 0 Å². The summed E-state index contributed by atoms with van der Waals surface area (Å²) in [5, 5.41) is 2.72. The highest BCUT2D eigenvalue weighted by Crippen LogP contribution is 2.10. The number of methoxy groups -OCH3 is 1. The molecule has 0 fully saturated rings. The number of unbranched alkanes of at least 4 members (excludes halogenated alkanes) is 1. The van der Waals surface area contributed by atoms with Crippen LogP contribution < -0.4 is 5.32 Å². The van der Waals surface area contributed by atoms with Crippen LogP contribution >= 0.6 is 0 Å². The van der Waals surface area contributed by atoms with E-state index in [1.165, 1.54) is 7.11 Å². The number of nitrogens with one attached hydrogen (secondary N) is 1. The van der Waals surface area contributed by atoms with E-state index in [1.807, 2.05) is 19.9 Å². The first kappa shape index (κ1) is 16.8. The smallest absolute Gasteiger partial charge is 0.328 e. The van der Waals surface area contributed by atoms with Crippen molar-refractivity contribution in [3.63, 3.8) is 0 Å². The maximum atomic E-state index is 12.3. The quantitative estimate of drug-likeness (QED) is 0.496. The Balaban J connectivity index is 2.79. The van der Waals surface area contributed by atoms with Crippen molar-refractivity contribution in [3.05, 3.63) is 34.9 Å². The molecule has 112 valence electrons. The molecule has 1 rings (SSSR count). The molecule has 0 saturated carbocycles. The van der Waals surface area contributed by atoms with Crippen LogP contribution in [0.4, 0.5) is 0 Å². The van der Waals surface area contributed by atoms with Gasteiger partial charge in [-0.1, -0.05) is 17.2 Å². The molecule has 4 nitrogen and oxygen atoms in total. The topological polar surface area (TPSA) is 55.4 Å². The van der Waals surface area contributed by atoms with Gasteiger partial charge < -0.3 is 10.1 Å². The third-order valence-corrected chi connectivity index (χ3v) is 3.09. The van der Waals surface area contributed by atoms with E-state index in [2.05, 4.69) is 11.2 Å². The number of hydrogen-bond acceptors (Lipinski definition) is 3. The second kappa shape index (κ2) is 8.11. The third-order valence-electron chi connectivity index (χ3n) is 3.09. The SMILES string of the molecule is C#CCCC[C@@H](NC(=O)c1cc(C)cc(C)c1)C(=O)OC. The first-order chi connectivity index (χ1) is 9.97. The van der Waals surface area contributed by atoms with E-state index in [4.69, 9.17) is 11.2 Å². The Morgan fingerprint density at radius 2 is 1.90 bits per heavy atom. The van der Waals surface area contributed by atoms with Gasteiger partial charge in [-0.25, -0.2) is 4.79 Å². The van der Waals surface area contributed by atoms with Gasteiger partial charge in [0.25, 0.3) is 5.91 Å². The van der Waals surface area contributed by atoms with E-state index in [0.717, 1.165) is 11.1 Å². The number of carbonyl (C=O) groups excluding carboxylic acids is 2. The molecule has 0 aliphatic carbocycles. The lowest BCUT2D eigenvalue weighted by molar-refractivity contribution is -0.143. The highest BCUT2D eigenvalue weighted by atomic mass is 16.5. The lowest BCUT2D eigenvalue weighted by atomic mass is 10.1. The van der Waals surface area contributed by atoms with Gasteiger partial charge >= 0.3 is 5.97 Å². The van der Waals surface area contributed by atoms with Gasteiger partial charge in [-0.3, -0.25) is 4.79 Å². The summed E-state index contributed by atoms with van der Waals surface area (Å²) < 4.78 is 4.72. The largest absolute Gasteiger partial charge is 0.467 e. The Morgan fingerprint density at radius 1 is 1.29 bits per heavy atom. The molecular weight excluding hydrogens is 266 g/mol. The van der Waals surface area contributed by atoms with Gasteiger partial charge in [-0.2, -0.15) is 0 Å². The van der Waals surface area contributed by atoms with Crippen LogP contribution in [0.3, 0.4) is 0 Å². The van der Waals surface area contributed by atoms with Gasteiger partial charge in [0, 0.05) is 12.0 Å². The van der Waals surface area contributed by atoms with Crippen molar-refractivity contribution in [1.82, 2.24) is 5.32 Å². The van der Waals surface area contributed by atoms with Crippen molar-refractivity contribution in [2.75, 3.05) is 7.11 Å². The van der Waals surface area contributed by atoms with Crippen molar-refractivity contribution in [2.24, 2.45) is 0 Å². The van der Waals surface area contributed by atoms with Crippen LogP contribution in [-0.2, 0) is 9.53 Å². The van der Waals surface area contributed by atoms with Gasteiger partial charge in [-0.15, -0.1) is 12.3 Å². The van der Waals surface area contributed by atoms with Crippen molar-refractivity contribution in [1.29, 1.82) is 0 Å². The minimum atomic E-state index is -0.670. The number of esters is 1. The minimum Gasteiger partial charge on any atom is -0.467 e. The number of amides is 1. The molecule has 0 aliphatic rings. The monoisotopic (exact) mass is 287 g/mol. The van der Waals surface area contributed by atoms with Crippen LogP contribution in [0.2, 0.25) is 0 Å². The molecule has 0 aromatic heterocycles. The van der Waals surface area contributed by atoms with Gasteiger partial charge in [0.2, 0.25) is 0 Å². The lowest BCUT2D eigenvalue weighted by Gasteiger charge is -2.16. The van der Waals surface area contributed by atoms with Crippen LogP contribution in [0, 0.1) is 26.2 Å². The van der Waals surface area contributed by atoms with Gasteiger partial charge in [0.1, 0.15) is 6.04 Å². The number of benzene rings is 1. The zero-order valence-corrected chi connectivity index (χ0v) is 12.7. The van der Waals surface area contributed by atoms with Gasteiger partial charge in [-0.05, 0) is 38.8 Å². The number of hydrogen-bond donors (Lipinski definition) is 1. The van der Waals surface area contributed by atoms with E-state index in [1.54, 1.807) is 12.1 Å². The zero-order chi connectivity index (χ0) is 15.8. The summed E-state index contributed by atoms with van der Waals surface area (Å²) in [6.07, 6.45) is 6.88. The third kappa shape index (κ3) is 5.31. The maximum Gasteiger partial charge on any atom is 0.328 e. The minimum absolute atomic E-state index is 0.280. The Labute approximate surface area is 125 Å². The van der Waals surface area contributed by atoms with E-state index in [9.17, 15) is 9.59 Å². The maximum absolute atomic E-state index is 12.3. The fraction of sp³-hybridized carbons (Fsp3) is 0.412. The number of ether oxygens (including phenoxy) is 1. The van der Waals surface area contributed by atoms with Crippen molar-refractivity contribution in [2.45, 2.75) is 39.2 Å². The average Bonchev–Trinajstić information content (AvgIpc) is 2.44. The molecule has 1 atom stereocenters. The van der Waals surface area contributed by atoms with Gasteiger partial charge in [0.05, 0.1) is 7.11 Å². The molecule has 0 heterocycles. The molecule has 1 N–H and O–H groups in total. The lowest BCUT2D eigenvalue weighted by Crippen LogP contribution is -2.41. The number of carbonyl (C=O) groups is 2. The predicted molar refractivity (Wildman–Crippen MR) is 81.9 cm³/mol. The molecule has 0 aliphatic heterocycles. The molecular formula is C17H21NO3. The zero-order valence-electron chi connectivity index (χ0n) is 12.7. The van der Waals surface area contributed by atoms with Crippen molar-refractivity contribution < 1.29 is 14.3 Å². The number of rotatable bonds is 6. The standard InChI is InChI=1S/C17H21NO3/c1-5-6-7-8-15(17(20)21-4)18-16(19)14-10-12(2)9-13(3)11-14/h1,9-11,15H,6-8H2,2-4H3,(H,18,19)/t15-/m1/s1. The molecule has 1 amide bonds. The highest BCUT2D eigenvalue weighted by Gasteiger charge is 2.21. The van der Waals surface area contributed by atoms with E-state index in [-0.39, 0.29) is 5.91 Å². The molecule has 1 aromatic rings. The summed E-state index contributed by atoms with van der Waals surface area (Å²) in [4.78, 5) is 24.0.